The summed E-state index contributed by atoms with van der Waals surface area (Å²) in [6.45, 7) is 4.13. The molecule has 0 atom stereocenters. The summed E-state index contributed by atoms with van der Waals surface area (Å²) in [5.74, 6) is 2.69. The van der Waals surface area contributed by atoms with Gasteiger partial charge in [-0.1, -0.05) is 15.9 Å². The lowest BCUT2D eigenvalue weighted by molar-refractivity contribution is 0.572. The largest absolute Gasteiger partial charge is 0.356 e. The van der Waals surface area contributed by atoms with Crippen molar-refractivity contribution in [1.29, 1.82) is 0 Å². The van der Waals surface area contributed by atoms with Crippen molar-refractivity contribution >= 4 is 33.3 Å². The number of nitrogens with one attached hydrogen (secondary N) is 1. The maximum absolute atomic E-state index is 4.58. The first-order valence-corrected chi connectivity index (χ1v) is 8.13. The van der Waals surface area contributed by atoms with Gasteiger partial charge in [-0.05, 0) is 50.5 Å². The van der Waals surface area contributed by atoms with E-state index in [0.717, 1.165) is 40.7 Å². The predicted octanol–water partition coefficient (Wildman–Crippen LogP) is 4.28. The van der Waals surface area contributed by atoms with Gasteiger partial charge in [0, 0.05) is 29.3 Å². The summed E-state index contributed by atoms with van der Waals surface area (Å²) >= 11 is 3.45. The lowest BCUT2D eigenvalue weighted by atomic mass is 10.1. The third kappa shape index (κ3) is 3.73. The summed E-state index contributed by atoms with van der Waals surface area (Å²) < 4.78 is 1.07. The quantitative estimate of drug-likeness (QED) is 0.900. The molecule has 3 rings (SSSR count). The number of nitrogens with zero attached hydrogens (tertiary/aromatic N) is 3. The van der Waals surface area contributed by atoms with Gasteiger partial charge in [-0.25, -0.2) is 9.97 Å². The first kappa shape index (κ1) is 14.3. The number of hydrogen-bond donors (Lipinski definition) is 1. The van der Waals surface area contributed by atoms with Crippen molar-refractivity contribution in [2.24, 2.45) is 0 Å². The monoisotopic (exact) mass is 346 g/mol. The Hall–Kier alpha value is -1.62. The van der Waals surface area contributed by atoms with Crippen LogP contribution in [0.5, 0.6) is 0 Å². The van der Waals surface area contributed by atoms with Gasteiger partial charge in [0.2, 0.25) is 0 Å². The summed E-state index contributed by atoms with van der Waals surface area (Å²) in [5.41, 5.74) is 1.03. The fraction of sp³-hybridized carbons (Fsp3) is 0.375. The van der Waals surface area contributed by atoms with Crippen LogP contribution in [0.2, 0.25) is 0 Å². The average Bonchev–Trinajstić information content (AvgIpc) is 2.50. The standard InChI is InChI=1S/C16H19BrN4/c1-12-18-15(20-14-7-5-13(17)6-8-14)11-16(19-12)21-9-3-2-4-10-21/h5-8,11H,2-4,9-10H2,1H3,(H,18,19,20). The number of rotatable bonds is 3. The second kappa shape index (κ2) is 6.43. The van der Waals surface area contributed by atoms with Crippen LogP contribution in [-0.4, -0.2) is 23.1 Å². The Morgan fingerprint density at radius 3 is 2.48 bits per heavy atom. The number of halogens is 1. The summed E-state index contributed by atoms with van der Waals surface area (Å²) in [7, 11) is 0. The zero-order chi connectivity index (χ0) is 14.7. The maximum atomic E-state index is 4.58. The molecule has 1 aliphatic rings. The molecule has 0 spiro atoms. The SMILES string of the molecule is Cc1nc(Nc2ccc(Br)cc2)cc(N2CCCCC2)n1. The van der Waals surface area contributed by atoms with E-state index in [1.165, 1.54) is 19.3 Å². The summed E-state index contributed by atoms with van der Waals surface area (Å²) in [5, 5.41) is 3.35. The van der Waals surface area contributed by atoms with Gasteiger partial charge in [0.15, 0.2) is 0 Å². The van der Waals surface area contributed by atoms with Crippen molar-refractivity contribution in [3.63, 3.8) is 0 Å². The van der Waals surface area contributed by atoms with Crippen LogP contribution in [0, 0.1) is 6.92 Å². The van der Waals surface area contributed by atoms with E-state index in [9.17, 15) is 0 Å². The van der Waals surface area contributed by atoms with Gasteiger partial charge in [-0.2, -0.15) is 0 Å². The Bertz CT molecular complexity index is 606. The number of hydrogen-bond acceptors (Lipinski definition) is 4. The smallest absolute Gasteiger partial charge is 0.136 e. The van der Waals surface area contributed by atoms with Crippen molar-refractivity contribution < 1.29 is 0 Å². The van der Waals surface area contributed by atoms with Crippen LogP contribution in [0.15, 0.2) is 34.8 Å². The van der Waals surface area contributed by atoms with E-state index < -0.39 is 0 Å². The topological polar surface area (TPSA) is 41.1 Å². The van der Waals surface area contributed by atoms with E-state index in [4.69, 9.17) is 0 Å². The van der Waals surface area contributed by atoms with Gasteiger partial charge >= 0.3 is 0 Å². The fourth-order valence-electron chi connectivity index (χ4n) is 2.58. The second-order valence-corrected chi connectivity index (χ2v) is 6.25. The molecule has 2 aromatic rings. The minimum Gasteiger partial charge on any atom is -0.356 e. The molecular weight excluding hydrogens is 328 g/mol. The van der Waals surface area contributed by atoms with Crippen LogP contribution in [0.3, 0.4) is 0 Å². The van der Waals surface area contributed by atoms with Gasteiger partial charge in [-0.3, -0.25) is 0 Å². The van der Waals surface area contributed by atoms with E-state index in [-0.39, 0.29) is 0 Å². The van der Waals surface area contributed by atoms with Crippen LogP contribution in [-0.2, 0) is 0 Å². The van der Waals surface area contributed by atoms with E-state index >= 15 is 0 Å². The molecule has 0 saturated carbocycles. The Morgan fingerprint density at radius 2 is 1.76 bits per heavy atom. The molecule has 110 valence electrons. The Kier molecular flexibility index (Phi) is 4.39. The number of piperidine rings is 1. The van der Waals surface area contributed by atoms with Crippen molar-refractivity contribution in [3.05, 3.63) is 40.6 Å². The van der Waals surface area contributed by atoms with Crippen molar-refractivity contribution in [2.75, 3.05) is 23.3 Å². The van der Waals surface area contributed by atoms with Crippen LogP contribution in [0.25, 0.3) is 0 Å². The molecule has 1 fully saturated rings. The van der Waals surface area contributed by atoms with Crippen LogP contribution in [0.1, 0.15) is 25.1 Å². The fourth-order valence-corrected chi connectivity index (χ4v) is 2.85. The molecule has 0 unspecified atom stereocenters. The molecule has 0 aliphatic carbocycles. The van der Waals surface area contributed by atoms with Crippen LogP contribution in [0.4, 0.5) is 17.3 Å². The van der Waals surface area contributed by atoms with Crippen molar-refractivity contribution in [3.8, 4) is 0 Å². The first-order chi connectivity index (χ1) is 10.2. The summed E-state index contributed by atoms with van der Waals surface area (Å²) in [4.78, 5) is 11.4. The normalized spacial score (nSPS) is 15.0. The van der Waals surface area contributed by atoms with E-state index in [1.807, 2.05) is 37.3 Å². The second-order valence-electron chi connectivity index (χ2n) is 5.34. The molecular formula is C16H19BrN4. The van der Waals surface area contributed by atoms with Crippen LogP contribution < -0.4 is 10.2 Å². The number of benzene rings is 1. The summed E-state index contributed by atoms with van der Waals surface area (Å²) in [6, 6.07) is 10.1. The Labute approximate surface area is 133 Å². The molecule has 0 radical (unpaired) electrons. The Morgan fingerprint density at radius 1 is 1.05 bits per heavy atom. The minimum atomic E-state index is 0.803. The highest BCUT2D eigenvalue weighted by Crippen LogP contribution is 2.23. The third-order valence-electron chi connectivity index (χ3n) is 3.62. The van der Waals surface area contributed by atoms with E-state index in [0.29, 0.717) is 0 Å². The lowest BCUT2D eigenvalue weighted by Crippen LogP contribution is -2.30. The van der Waals surface area contributed by atoms with Gasteiger partial charge in [0.1, 0.15) is 17.5 Å². The van der Waals surface area contributed by atoms with Gasteiger partial charge in [-0.15, -0.1) is 0 Å². The molecule has 5 heteroatoms. The molecule has 0 bridgehead atoms. The zero-order valence-corrected chi connectivity index (χ0v) is 13.7. The highest BCUT2D eigenvalue weighted by Gasteiger charge is 2.13. The third-order valence-corrected chi connectivity index (χ3v) is 4.15. The van der Waals surface area contributed by atoms with E-state index in [2.05, 4.69) is 36.1 Å². The van der Waals surface area contributed by atoms with Gasteiger partial charge in [0.25, 0.3) is 0 Å². The molecule has 1 aliphatic heterocycles. The molecule has 2 heterocycles. The molecule has 1 saturated heterocycles. The summed E-state index contributed by atoms with van der Waals surface area (Å²) in [6.07, 6.45) is 3.82. The first-order valence-electron chi connectivity index (χ1n) is 7.34. The van der Waals surface area contributed by atoms with Crippen molar-refractivity contribution in [2.45, 2.75) is 26.2 Å². The Balaban J connectivity index is 1.81. The highest BCUT2D eigenvalue weighted by atomic mass is 79.9. The van der Waals surface area contributed by atoms with Gasteiger partial charge < -0.3 is 10.2 Å². The van der Waals surface area contributed by atoms with Crippen molar-refractivity contribution in [1.82, 2.24) is 9.97 Å². The molecule has 1 aromatic carbocycles. The van der Waals surface area contributed by atoms with E-state index in [1.54, 1.807) is 0 Å². The molecule has 0 amide bonds. The molecule has 4 nitrogen and oxygen atoms in total. The molecule has 1 N–H and O–H groups in total. The predicted molar refractivity (Wildman–Crippen MR) is 90.3 cm³/mol. The average molecular weight is 347 g/mol. The minimum absolute atomic E-state index is 0.803. The van der Waals surface area contributed by atoms with Crippen LogP contribution >= 0.6 is 15.9 Å². The van der Waals surface area contributed by atoms with Gasteiger partial charge in [0.05, 0.1) is 0 Å². The highest BCUT2D eigenvalue weighted by molar-refractivity contribution is 9.10. The molecule has 21 heavy (non-hydrogen) atoms. The number of aromatic nitrogens is 2. The number of aryl methyl sites for hydroxylation is 1. The maximum Gasteiger partial charge on any atom is 0.136 e. The zero-order valence-electron chi connectivity index (χ0n) is 12.1. The molecule has 1 aromatic heterocycles. The lowest BCUT2D eigenvalue weighted by Gasteiger charge is -2.28. The number of anilines is 3.